The van der Waals surface area contributed by atoms with E-state index in [9.17, 15) is 14.5 Å². The average molecular weight is 158 g/mol. The second-order valence-electron chi connectivity index (χ2n) is 2.07. The van der Waals surface area contributed by atoms with Gasteiger partial charge in [-0.3, -0.25) is 9.59 Å². The average Bonchev–Trinajstić information content (AvgIpc) is 1.98. The highest BCUT2D eigenvalue weighted by atomic mass is 16.3. The number of hydrogen-bond acceptors (Lipinski definition) is 4. The Hall–Kier alpha value is -1.26. The van der Waals surface area contributed by atoms with Gasteiger partial charge in [0.25, 0.3) is 0 Å². The molecular formula is C6H10N2O3. The maximum absolute atomic E-state index is 10.7. The van der Waals surface area contributed by atoms with Crippen LogP contribution in [0, 0.1) is 4.91 Å². The van der Waals surface area contributed by atoms with Crippen LogP contribution in [0.3, 0.4) is 0 Å². The third-order valence-corrected chi connectivity index (χ3v) is 1.07. The first-order valence-corrected chi connectivity index (χ1v) is 3.29. The normalized spacial score (nSPS) is 8.91. The lowest BCUT2D eigenvalue weighted by atomic mass is 10.4. The summed E-state index contributed by atoms with van der Waals surface area (Å²) >= 11 is 0. The van der Waals surface area contributed by atoms with Crippen LogP contribution in [-0.4, -0.2) is 23.2 Å². The summed E-state index contributed by atoms with van der Waals surface area (Å²) in [6.45, 7) is 3.09. The van der Waals surface area contributed by atoms with Crippen molar-refractivity contribution in [2.24, 2.45) is 5.29 Å². The minimum atomic E-state index is -0.846. The van der Waals surface area contributed by atoms with Gasteiger partial charge >= 0.3 is 5.91 Å². The number of carbonyl (C=O) groups is 2. The molecule has 0 saturated carbocycles. The van der Waals surface area contributed by atoms with E-state index < -0.39 is 11.7 Å². The smallest absolute Gasteiger partial charge is 0.289 e. The van der Waals surface area contributed by atoms with Gasteiger partial charge in [0.15, 0.2) is 0 Å². The molecule has 0 aromatic carbocycles. The number of hydrogen-bond donors (Lipinski definition) is 0. The predicted molar refractivity (Wildman–Crippen MR) is 38.5 cm³/mol. The van der Waals surface area contributed by atoms with Crippen molar-refractivity contribution in [2.45, 2.75) is 20.3 Å². The number of carbonyl (C=O) groups excluding carboxylic acids is 2. The Morgan fingerprint density at radius 1 is 1.45 bits per heavy atom. The second-order valence-corrected chi connectivity index (χ2v) is 2.07. The lowest BCUT2D eigenvalue weighted by Crippen LogP contribution is -2.31. The fourth-order valence-electron chi connectivity index (χ4n) is 0.573. The molecule has 0 saturated heterocycles. The molecule has 0 radical (unpaired) electrons. The highest BCUT2D eigenvalue weighted by Crippen LogP contribution is 1.93. The molecular weight excluding hydrogens is 148 g/mol. The first-order chi connectivity index (χ1) is 5.13. The molecule has 0 unspecified atom stereocenters. The Bertz CT molecular complexity index is 179. The van der Waals surface area contributed by atoms with Crippen molar-refractivity contribution in [1.29, 1.82) is 0 Å². The molecule has 0 aliphatic carbocycles. The van der Waals surface area contributed by atoms with Gasteiger partial charge in [0.05, 0.1) is 5.29 Å². The SMILES string of the molecule is CCCN(N=O)C(=O)C(C)=O. The van der Waals surface area contributed by atoms with E-state index in [0.717, 1.165) is 6.92 Å². The van der Waals surface area contributed by atoms with Crippen molar-refractivity contribution in [2.75, 3.05) is 6.54 Å². The number of nitroso groups, excluding NO2 is 1. The molecule has 0 atom stereocenters. The molecule has 1 amide bonds. The lowest BCUT2D eigenvalue weighted by molar-refractivity contribution is -0.143. The van der Waals surface area contributed by atoms with Gasteiger partial charge < -0.3 is 0 Å². The van der Waals surface area contributed by atoms with Gasteiger partial charge in [-0.25, -0.2) is 0 Å². The number of Topliss-reactive ketones (excluding diaryl/α,β-unsaturated/α-hetero) is 1. The third kappa shape index (κ3) is 2.88. The first-order valence-electron chi connectivity index (χ1n) is 3.29. The maximum Gasteiger partial charge on any atom is 0.312 e. The van der Waals surface area contributed by atoms with E-state index in [1.165, 1.54) is 0 Å². The number of ketones is 1. The molecule has 0 aromatic rings. The highest BCUT2D eigenvalue weighted by molar-refractivity contribution is 6.34. The van der Waals surface area contributed by atoms with Crippen molar-refractivity contribution < 1.29 is 9.59 Å². The van der Waals surface area contributed by atoms with E-state index in [1.54, 1.807) is 6.92 Å². The molecule has 0 aromatic heterocycles. The summed E-state index contributed by atoms with van der Waals surface area (Å²) in [5.41, 5.74) is 0. The van der Waals surface area contributed by atoms with Gasteiger partial charge in [-0.05, 0) is 6.42 Å². The van der Waals surface area contributed by atoms with Gasteiger partial charge in [0, 0.05) is 13.5 Å². The predicted octanol–water partition coefficient (Wildman–Crippen LogP) is 0.495. The Morgan fingerprint density at radius 2 is 2.00 bits per heavy atom. The van der Waals surface area contributed by atoms with E-state index >= 15 is 0 Å². The molecule has 0 aliphatic heterocycles. The zero-order valence-corrected chi connectivity index (χ0v) is 6.53. The molecule has 0 N–H and O–H groups in total. The zero-order chi connectivity index (χ0) is 8.85. The van der Waals surface area contributed by atoms with Crippen LogP contribution in [0.2, 0.25) is 0 Å². The molecule has 62 valence electrons. The molecule has 0 heterocycles. The summed E-state index contributed by atoms with van der Waals surface area (Å²) in [6.07, 6.45) is 0.602. The lowest BCUT2D eigenvalue weighted by Gasteiger charge is -2.08. The highest BCUT2D eigenvalue weighted by Gasteiger charge is 2.16. The molecule has 0 aliphatic rings. The van der Waals surface area contributed by atoms with E-state index in [-0.39, 0.29) is 6.54 Å². The fourth-order valence-corrected chi connectivity index (χ4v) is 0.573. The molecule has 0 spiro atoms. The largest absolute Gasteiger partial charge is 0.312 e. The second kappa shape index (κ2) is 4.54. The number of amides is 1. The molecule has 11 heavy (non-hydrogen) atoms. The standard InChI is InChI=1S/C6H10N2O3/c1-3-4-8(7-11)6(10)5(2)9/h3-4H2,1-2H3. The molecule has 0 rings (SSSR count). The Balaban J connectivity index is 4.13. The van der Waals surface area contributed by atoms with Crippen molar-refractivity contribution in [3.8, 4) is 0 Å². The van der Waals surface area contributed by atoms with Crippen LogP contribution < -0.4 is 0 Å². The molecule has 5 heteroatoms. The zero-order valence-electron chi connectivity index (χ0n) is 6.53. The quantitative estimate of drug-likeness (QED) is 0.340. The number of nitrogens with zero attached hydrogens (tertiary/aromatic N) is 2. The van der Waals surface area contributed by atoms with Crippen LogP contribution in [0.15, 0.2) is 5.29 Å². The van der Waals surface area contributed by atoms with Gasteiger partial charge in [0.1, 0.15) is 0 Å². The van der Waals surface area contributed by atoms with Crippen LogP contribution in [0.25, 0.3) is 0 Å². The summed E-state index contributed by atoms with van der Waals surface area (Å²) in [5, 5.41) is 3.04. The van der Waals surface area contributed by atoms with Crippen LogP contribution in [0.4, 0.5) is 0 Å². The Kier molecular flexibility index (Phi) is 4.02. The first kappa shape index (κ1) is 9.74. The van der Waals surface area contributed by atoms with Crippen LogP contribution in [-0.2, 0) is 9.59 Å². The molecule has 0 fully saturated rings. The van der Waals surface area contributed by atoms with E-state index in [2.05, 4.69) is 5.29 Å². The van der Waals surface area contributed by atoms with Gasteiger partial charge in [0.2, 0.25) is 5.78 Å². The monoisotopic (exact) mass is 158 g/mol. The van der Waals surface area contributed by atoms with Gasteiger partial charge in [-0.1, -0.05) is 6.92 Å². The topological polar surface area (TPSA) is 66.8 Å². The van der Waals surface area contributed by atoms with Crippen LogP contribution in [0.1, 0.15) is 20.3 Å². The van der Waals surface area contributed by atoms with Crippen LogP contribution in [0.5, 0.6) is 0 Å². The summed E-state index contributed by atoms with van der Waals surface area (Å²) < 4.78 is 0. The van der Waals surface area contributed by atoms with Gasteiger partial charge in [-0.2, -0.15) is 5.01 Å². The van der Waals surface area contributed by atoms with E-state index in [1.807, 2.05) is 0 Å². The van der Waals surface area contributed by atoms with Crippen LogP contribution >= 0.6 is 0 Å². The maximum atomic E-state index is 10.7. The summed E-state index contributed by atoms with van der Waals surface area (Å²) in [6, 6.07) is 0. The summed E-state index contributed by atoms with van der Waals surface area (Å²) in [5.74, 6) is -1.51. The van der Waals surface area contributed by atoms with Crippen molar-refractivity contribution >= 4 is 11.7 Å². The van der Waals surface area contributed by atoms with E-state index in [0.29, 0.717) is 11.4 Å². The summed E-state index contributed by atoms with van der Waals surface area (Å²) in [4.78, 5) is 31.1. The van der Waals surface area contributed by atoms with Crippen molar-refractivity contribution in [3.05, 3.63) is 4.91 Å². The molecule has 0 bridgehead atoms. The Labute approximate surface area is 64.3 Å². The molecule has 5 nitrogen and oxygen atoms in total. The van der Waals surface area contributed by atoms with Crippen molar-refractivity contribution in [1.82, 2.24) is 5.01 Å². The Morgan fingerprint density at radius 3 is 2.27 bits per heavy atom. The minimum Gasteiger partial charge on any atom is -0.289 e. The third-order valence-electron chi connectivity index (χ3n) is 1.07. The number of rotatable bonds is 4. The van der Waals surface area contributed by atoms with Gasteiger partial charge in [-0.15, -0.1) is 4.91 Å². The van der Waals surface area contributed by atoms with E-state index in [4.69, 9.17) is 0 Å². The van der Waals surface area contributed by atoms with Crippen molar-refractivity contribution in [3.63, 3.8) is 0 Å². The summed E-state index contributed by atoms with van der Waals surface area (Å²) in [7, 11) is 0. The minimum absolute atomic E-state index is 0.196. The fraction of sp³-hybridized carbons (Fsp3) is 0.667.